The second kappa shape index (κ2) is 8.94. The van der Waals surface area contributed by atoms with Crippen LogP contribution in [0.25, 0.3) is 0 Å². The van der Waals surface area contributed by atoms with Gasteiger partial charge in [-0.2, -0.15) is 0 Å². The summed E-state index contributed by atoms with van der Waals surface area (Å²) in [6.45, 7) is 5.06. The first kappa shape index (κ1) is 22.2. The number of benzene rings is 2. The topological polar surface area (TPSA) is 92.5 Å². The van der Waals surface area contributed by atoms with E-state index in [-0.39, 0.29) is 29.3 Å². The molecule has 3 N–H and O–H groups in total. The van der Waals surface area contributed by atoms with E-state index in [1.54, 1.807) is 24.3 Å². The molecule has 2 aromatic carbocycles. The van der Waals surface area contributed by atoms with Crippen LogP contribution in [-0.4, -0.2) is 38.4 Å². The van der Waals surface area contributed by atoms with Crippen LogP contribution >= 0.6 is 12.4 Å². The third-order valence-electron chi connectivity index (χ3n) is 5.06. The van der Waals surface area contributed by atoms with Crippen LogP contribution in [0.2, 0.25) is 0 Å². The van der Waals surface area contributed by atoms with E-state index in [1.807, 2.05) is 30.9 Å². The van der Waals surface area contributed by atoms with Gasteiger partial charge >= 0.3 is 0 Å². The number of hydrogen-bond acceptors (Lipinski definition) is 4. The number of nitrogens with zero attached hydrogens (tertiary/aromatic N) is 1. The summed E-state index contributed by atoms with van der Waals surface area (Å²) in [7, 11) is -3.71. The number of nitrogens with one attached hydrogen (secondary N) is 1. The molecule has 8 heteroatoms. The van der Waals surface area contributed by atoms with E-state index in [0.717, 1.165) is 12.0 Å². The highest BCUT2D eigenvalue weighted by Gasteiger charge is 2.32. The highest BCUT2D eigenvalue weighted by atomic mass is 35.5. The van der Waals surface area contributed by atoms with Gasteiger partial charge in [0.1, 0.15) is 0 Å². The molecule has 3 rings (SSSR count). The molecule has 6 nitrogen and oxygen atoms in total. The van der Waals surface area contributed by atoms with Gasteiger partial charge < -0.3 is 10.6 Å². The highest BCUT2D eigenvalue weighted by Crippen LogP contribution is 2.25. The van der Waals surface area contributed by atoms with Crippen molar-refractivity contribution in [1.29, 1.82) is 0 Å². The van der Waals surface area contributed by atoms with Crippen LogP contribution in [0, 0.1) is 12.8 Å². The Morgan fingerprint density at radius 1 is 1.18 bits per heavy atom. The number of nitrogens with two attached hydrogens (primary N) is 1. The number of carbonyl (C=O) groups is 1. The SMILES string of the molecule is Cc1ccccc1NS(=O)(=O)c1ccc(C(=O)N2CC(CN)CC2C)cc1.Cl. The molecule has 2 aromatic rings. The molecule has 1 heterocycles. The van der Waals surface area contributed by atoms with E-state index >= 15 is 0 Å². The lowest BCUT2D eigenvalue weighted by Gasteiger charge is -2.21. The Balaban J connectivity index is 0.00000280. The third-order valence-corrected chi connectivity index (χ3v) is 6.44. The molecule has 28 heavy (non-hydrogen) atoms. The van der Waals surface area contributed by atoms with Crippen molar-refractivity contribution in [1.82, 2.24) is 4.90 Å². The van der Waals surface area contributed by atoms with Gasteiger partial charge in [-0.1, -0.05) is 18.2 Å². The zero-order valence-electron chi connectivity index (χ0n) is 16.0. The minimum atomic E-state index is -3.71. The van der Waals surface area contributed by atoms with Crippen molar-refractivity contribution in [3.8, 4) is 0 Å². The van der Waals surface area contributed by atoms with Gasteiger partial charge in [-0.05, 0) is 68.6 Å². The molecule has 0 aromatic heterocycles. The van der Waals surface area contributed by atoms with E-state index in [4.69, 9.17) is 5.73 Å². The molecule has 1 aliphatic heterocycles. The first-order chi connectivity index (χ1) is 12.8. The van der Waals surface area contributed by atoms with Crippen molar-refractivity contribution < 1.29 is 13.2 Å². The molecule has 1 aliphatic rings. The van der Waals surface area contributed by atoms with E-state index < -0.39 is 10.0 Å². The van der Waals surface area contributed by atoms with Crippen molar-refractivity contribution in [3.63, 3.8) is 0 Å². The van der Waals surface area contributed by atoms with E-state index in [9.17, 15) is 13.2 Å². The number of hydrogen-bond donors (Lipinski definition) is 2. The molecule has 2 unspecified atom stereocenters. The fourth-order valence-electron chi connectivity index (χ4n) is 3.43. The molecular weight excluding hydrogens is 398 g/mol. The second-order valence-electron chi connectivity index (χ2n) is 7.09. The second-order valence-corrected chi connectivity index (χ2v) is 8.77. The standard InChI is InChI=1S/C20H25N3O3S.ClH/c1-14-5-3-4-6-19(14)22-27(25,26)18-9-7-17(8-10-18)20(24)23-13-16(12-21)11-15(23)2;/h3-10,15-16,22H,11-13,21H2,1-2H3;1H. The Kier molecular flexibility index (Phi) is 7.09. The number of sulfonamides is 1. The fourth-order valence-corrected chi connectivity index (χ4v) is 4.56. The van der Waals surface area contributed by atoms with Gasteiger partial charge in [0.15, 0.2) is 0 Å². The van der Waals surface area contributed by atoms with Gasteiger partial charge in [0.25, 0.3) is 15.9 Å². The fraction of sp³-hybridized carbons (Fsp3) is 0.350. The number of rotatable bonds is 5. The Hall–Kier alpha value is -2.09. The van der Waals surface area contributed by atoms with Gasteiger partial charge in [0.05, 0.1) is 10.6 Å². The lowest BCUT2D eigenvalue weighted by Crippen LogP contribution is -2.34. The molecule has 1 fully saturated rings. The quantitative estimate of drug-likeness (QED) is 0.773. The van der Waals surface area contributed by atoms with Crippen molar-refractivity contribution >= 4 is 34.0 Å². The third kappa shape index (κ3) is 4.66. The molecule has 0 aliphatic carbocycles. The maximum atomic E-state index is 12.7. The van der Waals surface area contributed by atoms with Gasteiger partial charge in [-0.15, -0.1) is 12.4 Å². The Morgan fingerprint density at radius 3 is 2.39 bits per heavy atom. The van der Waals surface area contributed by atoms with Crippen molar-refractivity contribution in [2.45, 2.75) is 31.2 Å². The predicted molar refractivity (Wildman–Crippen MR) is 113 cm³/mol. The van der Waals surface area contributed by atoms with Gasteiger partial charge in [-0.3, -0.25) is 9.52 Å². The van der Waals surface area contributed by atoms with Crippen LogP contribution in [0.1, 0.15) is 29.3 Å². The number of carbonyl (C=O) groups excluding carboxylic acids is 1. The number of amides is 1. The minimum Gasteiger partial charge on any atom is -0.336 e. The van der Waals surface area contributed by atoms with Crippen molar-refractivity contribution in [2.75, 3.05) is 17.8 Å². The molecule has 1 amide bonds. The van der Waals surface area contributed by atoms with Crippen LogP contribution in [0.3, 0.4) is 0 Å². The number of para-hydroxylation sites is 1. The highest BCUT2D eigenvalue weighted by molar-refractivity contribution is 7.92. The first-order valence-corrected chi connectivity index (χ1v) is 10.5. The summed E-state index contributed by atoms with van der Waals surface area (Å²) in [5.41, 5.74) is 7.58. The summed E-state index contributed by atoms with van der Waals surface area (Å²) in [6.07, 6.45) is 0.898. The Morgan fingerprint density at radius 2 is 1.82 bits per heavy atom. The van der Waals surface area contributed by atoms with Crippen LogP contribution in [-0.2, 0) is 10.0 Å². The largest absolute Gasteiger partial charge is 0.336 e. The van der Waals surface area contributed by atoms with Gasteiger partial charge in [-0.25, -0.2) is 8.42 Å². The number of anilines is 1. The van der Waals surface area contributed by atoms with E-state index in [2.05, 4.69) is 4.72 Å². The molecule has 0 spiro atoms. The number of likely N-dealkylation sites (tertiary alicyclic amines) is 1. The molecule has 0 saturated carbocycles. The van der Waals surface area contributed by atoms with Crippen LogP contribution < -0.4 is 10.5 Å². The molecule has 2 atom stereocenters. The Bertz CT molecular complexity index is 932. The monoisotopic (exact) mass is 423 g/mol. The lowest BCUT2D eigenvalue weighted by atomic mass is 10.1. The van der Waals surface area contributed by atoms with E-state index in [0.29, 0.717) is 30.3 Å². The van der Waals surface area contributed by atoms with Crippen LogP contribution in [0.4, 0.5) is 5.69 Å². The summed E-state index contributed by atoms with van der Waals surface area (Å²) >= 11 is 0. The average molecular weight is 424 g/mol. The summed E-state index contributed by atoms with van der Waals surface area (Å²) in [5.74, 6) is 0.233. The molecular formula is C20H26ClN3O3S. The van der Waals surface area contributed by atoms with Crippen LogP contribution in [0.15, 0.2) is 53.4 Å². The van der Waals surface area contributed by atoms with Gasteiger partial charge in [0, 0.05) is 18.2 Å². The smallest absolute Gasteiger partial charge is 0.261 e. The zero-order chi connectivity index (χ0) is 19.6. The minimum absolute atomic E-state index is 0. The molecule has 152 valence electrons. The normalized spacial score (nSPS) is 19.2. The first-order valence-electron chi connectivity index (χ1n) is 9.01. The molecule has 1 saturated heterocycles. The number of halogens is 1. The lowest BCUT2D eigenvalue weighted by molar-refractivity contribution is 0.0743. The van der Waals surface area contributed by atoms with Crippen molar-refractivity contribution in [2.24, 2.45) is 11.7 Å². The summed E-state index contributed by atoms with van der Waals surface area (Å²) in [4.78, 5) is 14.7. The van der Waals surface area contributed by atoms with Gasteiger partial charge in [0.2, 0.25) is 0 Å². The predicted octanol–water partition coefficient (Wildman–Crippen LogP) is 3.03. The molecule has 0 radical (unpaired) electrons. The van der Waals surface area contributed by atoms with E-state index in [1.165, 1.54) is 12.1 Å². The maximum absolute atomic E-state index is 12.7. The summed E-state index contributed by atoms with van der Waals surface area (Å²) < 4.78 is 27.8. The molecule has 0 bridgehead atoms. The zero-order valence-corrected chi connectivity index (χ0v) is 17.6. The van der Waals surface area contributed by atoms with Crippen molar-refractivity contribution in [3.05, 3.63) is 59.7 Å². The Labute approximate surface area is 172 Å². The summed E-state index contributed by atoms with van der Waals surface area (Å²) in [5, 5.41) is 0. The van der Waals surface area contributed by atoms with Crippen LogP contribution in [0.5, 0.6) is 0 Å². The number of aryl methyl sites for hydroxylation is 1. The maximum Gasteiger partial charge on any atom is 0.261 e. The average Bonchev–Trinajstić information content (AvgIpc) is 3.04. The summed E-state index contributed by atoms with van der Waals surface area (Å²) in [6, 6.07) is 13.4.